The standard InChI is InChI=1S/C8H4NOS/c10-4-6-5-11-8-1-2-9-3-7(6)8/h1-3,5H. The molecule has 0 amide bonds. The Labute approximate surface area is 67.5 Å². The van der Waals surface area contributed by atoms with Crippen LogP contribution in [0.5, 0.6) is 0 Å². The summed E-state index contributed by atoms with van der Waals surface area (Å²) < 4.78 is 1.08. The van der Waals surface area contributed by atoms with E-state index in [9.17, 15) is 4.79 Å². The quantitative estimate of drug-likeness (QED) is 0.639. The lowest BCUT2D eigenvalue weighted by Crippen LogP contribution is -1.75. The molecular formula is C8H4NOS. The van der Waals surface area contributed by atoms with Crippen molar-refractivity contribution in [2.45, 2.75) is 0 Å². The molecular weight excluding hydrogens is 158 g/mol. The number of hydrogen-bond acceptors (Lipinski definition) is 3. The second-order valence-corrected chi connectivity index (χ2v) is 3.03. The van der Waals surface area contributed by atoms with Crippen molar-refractivity contribution in [2.24, 2.45) is 0 Å². The minimum atomic E-state index is 0.609. The van der Waals surface area contributed by atoms with E-state index in [0.29, 0.717) is 5.56 Å². The Morgan fingerprint density at radius 1 is 1.55 bits per heavy atom. The number of aromatic nitrogens is 1. The van der Waals surface area contributed by atoms with Crippen molar-refractivity contribution in [1.82, 2.24) is 4.98 Å². The zero-order chi connectivity index (χ0) is 7.68. The van der Waals surface area contributed by atoms with Crippen LogP contribution in [0, 0.1) is 0 Å². The maximum atomic E-state index is 10.3. The van der Waals surface area contributed by atoms with Crippen LogP contribution in [0.15, 0.2) is 23.8 Å². The third kappa shape index (κ3) is 0.935. The second-order valence-electron chi connectivity index (χ2n) is 2.12. The molecule has 0 N–H and O–H groups in total. The molecule has 0 aliphatic heterocycles. The third-order valence-electron chi connectivity index (χ3n) is 1.48. The van der Waals surface area contributed by atoms with Crippen LogP contribution in [0.2, 0.25) is 0 Å². The first-order valence-electron chi connectivity index (χ1n) is 3.11. The van der Waals surface area contributed by atoms with Gasteiger partial charge in [-0.1, -0.05) is 0 Å². The molecule has 0 saturated carbocycles. The van der Waals surface area contributed by atoms with Gasteiger partial charge >= 0.3 is 0 Å². The Morgan fingerprint density at radius 3 is 3.27 bits per heavy atom. The number of rotatable bonds is 1. The first-order valence-corrected chi connectivity index (χ1v) is 3.99. The SMILES string of the molecule is O=[C]c1csc2ccncc12. The number of fused-ring (bicyclic) bond motifs is 1. The highest BCUT2D eigenvalue weighted by molar-refractivity contribution is 7.17. The van der Waals surface area contributed by atoms with Crippen LogP contribution < -0.4 is 0 Å². The highest BCUT2D eigenvalue weighted by Crippen LogP contribution is 2.22. The van der Waals surface area contributed by atoms with E-state index in [1.165, 1.54) is 11.3 Å². The summed E-state index contributed by atoms with van der Waals surface area (Å²) >= 11 is 1.54. The normalized spacial score (nSPS) is 10.2. The first kappa shape index (κ1) is 6.49. The molecule has 2 heterocycles. The van der Waals surface area contributed by atoms with Crippen molar-refractivity contribution in [3.63, 3.8) is 0 Å². The van der Waals surface area contributed by atoms with E-state index in [1.54, 1.807) is 17.8 Å². The minimum Gasteiger partial charge on any atom is -0.285 e. The number of pyridine rings is 1. The van der Waals surface area contributed by atoms with Crippen molar-refractivity contribution in [2.75, 3.05) is 0 Å². The van der Waals surface area contributed by atoms with Crippen LogP contribution in [-0.4, -0.2) is 11.3 Å². The molecule has 0 aromatic carbocycles. The molecule has 2 nitrogen and oxygen atoms in total. The number of thiophene rings is 1. The zero-order valence-electron chi connectivity index (χ0n) is 5.57. The highest BCUT2D eigenvalue weighted by Gasteiger charge is 2.01. The molecule has 11 heavy (non-hydrogen) atoms. The summed E-state index contributed by atoms with van der Waals surface area (Å²) in [6.45, 7) is 0. The Bertz CT molecular complexity index is 394. The van der Waals surface area contributed by atoms with Crippen LogP contribution in [0.1, 0.15) is 5.56 Å². The van der Waals surface area contributed by atoms with Gasteiger partial charge in [0, 0.05) is 33.4 Å². The molecule has 0 saturated heterocycles. The lowest BCUT2D eigenvalue weighted by Gasteiger charge is -1.85. The van der Waals surface area contributed by atoms with E-state index in [-0.39, 0.29) is 0 Å². The minimum absolute atomic E-state index is 0.609. The fourth-order valence-corrected chi connectivity index (χ4v) is 1.80. The number of hydrogen-bond donors (Lipinski definition) is 0. The molecule has 0 aliphatic rings. The lowest BCUT2D eigenvalue weighted by molar-refractivity contribution is 0.563. The molecule has 0 spiro atoms. The highest BCUT2D eigenvalue weighted by atomic mass is 32.1. The summed E-state index contributed by atoms with van der Waals surface area (Å²) in [5.74, 6) is 0. The van der Waals surface area contributed by atoms with E-state index in [0.717, 1.165) is 10.1 Å². The van der Waals surface area contributed by atoms with Crippen molar-refractivity contribution >= 4 is 27.7 Å². The largest absolute Gasteiger partial charge is 0.285 e. The smallest absolute Gasteiger partial charge is 0.235 e. The van der Waals surface area contributed by atoms with E-state index < -0.39 is 0 Å². The fourth-order valence-electron chi connectivity index (χ4n) is 0.952. The van der Waals surface area contributed by atoms with Gasteiger partial charge in [-0.3, -0.25) is 9.78 Å². The van der Waals surface area contributed by atoms with Crippen LogP contribution in [-0.2, 0) is 4.79 Å². The molecule has 0 aliphatic carbocycles. The van der Waals surface area contributed by atoms with E-state index in [4.69, 9.17) is 0 Å². The van der Waals surface area contributed by atoms with Crippen molar-refractivity contribution in [3.8, 4) is 0 Å². The van der Waals surface area contributed by atoms with E-state index in [1.807, 2.05) is 12.4 Å². The van der Waals surface area contributed by atoms with Gasteiger partial charge in [0.2, 0.25) is 6.29 Å². The Morgan fingerprint density at radius 2 is 2.45 bits per heavy atom. The van der Waals surface area contributed by atoms with Crippen molar-refractivity contribution < 1.29 is 4.79 Å². The first-order chi connectivity index (χ1) is 5.42. The summed E-state index contributed by atoms with van der Waals surface area (Å²) in [6.07, 6.45) is 5.27. The lowest BCUT2D eigenvalue weighted by atomic mass is 10.2. The molecule has 53 valence electrons. The van der Waals surface area contributed by atoms with Crippen LogP contribution >= 0.6 is 11.3 Å². The van der Waals surface area contributed by atoms with Crippen molar-refractivity contribution in [3.05, 3.63) is 29.4 Å². The van der Waals surface area contributed by atoms with Crippen molar-refractivity contribution in [1.29, 1.82) is 0 Å². The van der Waals surface area contributed by atoms with Gasteiger partial charge in [0.15, 0.2) is 0 Å². The summed E-state index contributed by atoms with van der Waals surface area (Å²) in [5, 5.41) is 2.69. The zero-order valence-corrected chi connectivity index (χ0v) is 6.39. The maximum Gasteiger partial charge on any atom is 0.235 e. The summed E-state index contributed by atoms with van der Waals surface area (Å²) in [6, 6.07) is 1.89. The van der Waals surface area contributed by atoms with Crippen LogP contribution in [0.4, 0.5) is 0 Å². The predicted molar refractivity (Wildman–Crippen MR) is 44.4 cm³/mol. The van der Waals surface area contributed by atoms with Gasteiger partial charge in [-0.25, -0.2) is 0 Å². The van der Waals surface area contributed by atoms with Gasteiger partial charge in [-0.05, 0) is 6.07 Å². The second kappa shape index (κ2) is 2.43. The molecule has 0 atom stereocenters. The van der Waals surface area contributed by atoms with Crippen LogP contribution in [0.25, 0.3) is 10.1 Å². The maximum absolute atomic E-state index is 10.3. The van der Waals surface area contributed by atoms with E-state index >= 15 is 0 Å². The molecule has 0 bridgehead atoms. The summed E-state index contributed by atoms with van der Waals surface area (Å²) in [4.78, 5) is 14.3. The van der Waals surface area contributed by atoms with Crippen LogP contribution in [0.3, 0.4) is 0 Å². The molecule has 3 heteroatoms. The van der Waals surface area contributed by atoms with Gasteiger partial charge in [-0.2, -0.15) is 0 Å². The molecule has 2 rings (SSSR count). The van der Waals surface area contributed by atoms with E-state index in [2.05, 4.69) is 4.98 Å². The predicted octanol–water partition coefficient (Wildman–Crippen LogP) is 1.75. The number of nitrogens with zero attached hydrogens (tertiary/aromatic N) is 1. The van der Waals surface area contributed by atoms with Gasteiger partial charge in [0.05, 0.1) is 0 Å². The monoisotopic (exact) mass is 162 g/mol. The molecule has 1 radical (unpaired) electrons. The van der Waals surface area contributed by atoms with Gasteiger partial charge in [0.25, 0.3) is 0 Å². The molecule has 2 aromatic heterocycles. The van der Waals surface area contributed by atoms with Gasteiger partial charge < -0.3 is 0 Å². The Hall–Kier alpha value is -1.22. The topological polar surface area (TPSA) is 30.0 Å². The molecule has 0 fully saturated rings. The summed E-state index contributed by atoms with van der Waals surface area (Å²) in [7, 11) is 0. The molecule has 0 unspecified atom stereocenters. The summed E-state index contributed by atoms with van der Waals surface area (Å²) in [5.41, 5.74) is 0.609. The fraction of sp³-hybridized carbons (Fsp3) is 0. The Kier molecular flexibility index (Phi) is 1.43. The van der Waals surface area contributed by atoms with Gasteiger partial charge in [0.1, 0.15) is 0 Å². The Balaban J connectivity index is 2.86. The average molecular weight is 162 g/mol. The average Bonchev–Trinajstić information content (AvgIpc) is 2.47. The van der Waals surface area contributed by atoms with Gasteiger partial charge in [-0.15, -0.1) is 11.3 Å². The molecule has 2 aromatic rings. The third-order valence-corrected chi connectivity index (χ3v) is 2.45. The number of carbonyl (C=O) groups excluding carboxylic acids is 1.